The van der Waals surface area contributed by atoms with Gasteiger partial charge in [-0.15, -0.1) is 0 Å². The highest BCUT2D eigenvalue weighted by molar-refractivity contribution is 5.99. The molecule has 0 aromatic heterocycles. The number of fused-ring (bicyclic) bond motifs is 10. The molecule has 0 aliphatic heterocycles. The van der Waals surface area contributed by atoms with Gasteiger partial charge in [-0.3, -0.25) is 0 Å². The quantitative estimate of drug-likeness (QED) is 0.135. The highest BCUT2D eigenvalue weighted by Crippen LogP contribution is 2.65. The van der Waals surface area contributed by atoms with Crippen LogP contribution in [0.1, 0.15) is 47.9 Å². The molecule has 70 heavy (non-hydrogen) atoms. The smallest absolute Gasteiger partial charge is 0.0726 e. The van der Waals surface area contributed by atoms with E-state index in [-0.39, 0.29) is 0 Å². The van der Waals surface area contributed by atoms with Crippen molar-refractivity contribution < 1.29 is 0 Å². The van der Waals surface area contributed by atoms with Gasteiger partial charge in [0.25, 0.3) is 0 Å². The molecule has 4 aliphatic carbocycles. The van der Waals surface area contributed by atoms with Crippen molar-refractivity contribution in [3.63, 3.8) is 0 Å². The first-order valence-corrected chi connectivity index (χ1v) is 24.7. The van der Waals surface area contributed by atoms with Gasteiger partial charge < -0.3 is 14.7 Å². The summed E-state index contributed by atoms with van der Waals surface area (Å²) in [6.45, 7) is 0. The molecule has 9 aromatic rings. The predicted molar refractivity (Wildman–Crippen MR) is 293 cm³/mol. The van der Waals surface area contributed by atoms with Gasteiger partial charge in [0.15, 0.2) is 0 Å². The molecule has 1 spiro atoms. The Hall–Kier alpha value is -8.66. The highest BCUT2D eigenvalue weighted by atomic mass is 15.2. The minimum absolute atomic E-state index is 0.637. The summed E-state index contributed by atoms with van der Waals surface area (Å²) >= 11 is 0. The highest BCUT2D eigenvalue weighted by Gasteiger charge is 2.52. The van der Waals surface area contributed by atoms with Crippen molar-refractivity contribution in [2.75, 3.05) is 14.7 Å². The number of hydrogen-bond acceptors (Lipinski definition) is 3. The molecule has 9 aromatic carbocycles. The van der Waals surface area contributed by atoms with Crippen molar-refractivity contribution in [2.24, 2.45) is 0 Å². The summed E-state index contributed by atoms with van der Waals surface area (Å²) in [6, 6.07) is 83.3. The van der Waals surface area contributed by atoms with Gasteiger partial charge in [0.2, 0.25) is 0 Å². The topological polar surface area (TPSA) is 9.72 Å². The Morgan fingerprint density at radius 2 is 0.829 bits per heavy atom. The SMILES string of the molecule is C1=CCCC(N(c2ccccc2)c2ccc3c(c2)C2(c4ccc(N(C5=CCCC=C5)c5ccccc5)cc4-c4cc(N(c5ccccc5)c5ccccc5)ccc42)c2cc(-c4ccccc4)ccc2-3)=C1. The average Bonchev–Trinajstić information content (AvgIpc) is 3.89. The summed E-state index contributed by atoms with van der Waals surface area (Å²) in [6.07, 6.45) is 17.8. The predicted octanol–water partition coefficient (Wildman–Crippen LogP) is 17.9. The summed E-state index contributed by atoms with van der Waals surface area (Å²) in [5.41, 5.74) is 22.5. The minimum Gasteiger partial charge on any atom is -0.314 e. The van der Waals surface area contributed by atoms with E-state index in [0.717, 1.165) is 65.5 Å². The van der Waals surface area contributed by atoms with Crippen molar-refractivity contribution >= 4 is 39.8 Å². The second-order valence-electron chi connectivity index (χ2n) is 18.6. The molecule has 0 fully saturated rings. The molecular formula is C67H51N3. The third-order valence-electron chi connectivity index (χ3n) is 14.7. The Morgan fingerprint density at radius 3 is 1.39 bits per heavy atom. The average molecular weight is 898 g/mol. The minimum atomic E-state index is -0.637. The Bertz CT molecular complexity index is 3500. The van der Waals surface area contributed by atoms with Gasteiger partial charge in [0.1, 0.15) is 0 Å². The van der Waals surface area contributed by atoms with Crippen LogP contribution in [0.3, 0.4) is 0 Å². The fourth-order valence-corrected chi connectivity index (χ4v) is 11.7. The van der Waals surface area contributed by atoms with Crippen LogP contribution in [0.15, 0.2) is 272 Å². The summed E-state index contributed by atoms with van der Waals surface area (Å²) in [7, 11) is 0. The lowest BCUT2D eigenvalue weighted by Crippen LogP contribution is -2.27. The van der Waals surface area contributed by atoms with Crippen LogP contribution >= 0.6 is 0 Å². The molecule has 3 nitrogen and oxygen atoms in total. The molecule has 3 heteroatoms. The van der Waals surface area contributed by atoms with Crippen LogP contribution in [0.4, 0.5) is 39.8 Å². The van der Waals surface area contributed by atoms with E-state index in [4.69, 9.17) is 0 Å². The summed E-state index contributed by atoms with van der Waals surface area (Å²) in [5.74, 6) is 0. The van der Waals surface area contributed by atoms with E-state index in [2.05, 4.69) is 276 Å². The molecule has 1 unspecified atom stereocenters. The van der Waals surface area contributed by atoms with E-state index in [1.165, 1.54) is 67.0 Å². The van der Waals surface area contributed by atoms with E-state index in [1.54, 1.807) is 0 Å². The van der Waals surface area contributed by atoms with E-state index < -0.39 is 5.41 Å². The van der Waals surface area contributed by atoms with Crippen molar-refractivity contribution in [1.29, 1.82) is 0 Å². The van der Waals surface area contributed by atoms with Crippen LogP contribution in [0.25, 0.3) is 33.4 Å². The first-order valence-electron chi connectivity index (χ1n) is 24.7. The van der Waals surface area contributed by atoms with Crippen LogP contribution < -0.4 is 14.7 Å². The lowest BCUT2D eigenvalue weighted by molar-refractivity contribution is 0.793. The number of para-hydroxylation sites is 4. The molecule has 13 rings (SSSR count). The molecule has 4 aliphatic rings. The van der Waals surface area contributed by atoms with E-state index in [9.17, 15) is 0 Å². The maximum atomic E-state index is 2.53. The molecule has 1 atom stereocenters. The zero-order valence-electron chi connectivity index (χ0n) is 39.0. The van der Waals surface area contributed by atoms with Gasteiger partial charge in [-0.05, 0) is 184 Å². The van der Waals surface area contributed by atoms with E-state index in [0.29, 0.717) is 0 Å². The lowest BCUT2D eigenvalue weighted by atomic mass is 9.70. The molecule has 0 saturated carbocycles. The molecular weight excluding hydrogens is 847 g/mol. The van der Waals surface area contributed by atoms with Gasteiger partial charge in [-0.1, -0.05) is 158 Å². The number of benzene rings is 9. The molecule has 0 heterocycles. The normalized spacial score (nSPS) is 15.9. The molecule has 0 N–H and O–H groups in total. The standard InChI is InChI=1S/C67H51N3/c1-8-22-48(23-9-1)49-36-40-59-60-41-37-58(70(54-32-18-6-19-33-54)55-34-20-7-21-35-55)47-66(60)67(65(59)44-49)63-42-38-56(68(50-24-10-2-11-25-50)51-26-12-3-13-27-51)45-61(63)62-46-57(39-43-64(62)67)69(52-28-14-4-15-29-52)53-30-16-5-17-31-53/h1-4,6-16,18-20,22-34,36-47H,5,17,21,35H2. The second kappa shape index (κ2) is 17.5. The number of allylic oxidation sites excluding steroid dienone is 7. The maximum absolute atomic E-state index is 2.53. The number of anilines is 7. The number of hydrogen-bond donors (Lipinski definition) is 0. The Labute approximate surface area is 411 Å². The van der Waals surface area contributed by atoms with Crippen molar-refractivity contribution in [3.05, 3.63) is 295 Å². The fourth-order valence-electron chi connectivity index (χ4n) is 11.7. The van der Waals surface area contributed by atoms with E-state index in [1.807, 2.05) is 0 Å². The second-order valence-corrected chi connectivity index (χ2v) is 18.6. The molecule has 0 saturated heterocycles. The van der Waals surface area contributed by atoms with E-state index >= 15 is 0 Å². The van der Waals surface area contributed by atoms with Crippen LogP contribution in [0.5, 0.6) is 0 Å². The summed E-state index contributed by atoms with van der Waals surface area (Å²) < 4.78 is 0. The monoisotopic (exact) mass is 897 g/mol. The van der Waals surface area contributed by atoms with Gasteiger partial charge in [0.05, 0.1) is 5.41 Å². The maximum Gasteiger partial charge on any atom is 0.0726 e. The zero-order valence-corrected chi connectivity index (χ0v) is 39.0. The molecule has 0 bridgehead atoms. The van der Waals surface area contributed by atoms with Crippen LogP contribution in [-0.4, -0.2) is 0 Å². The first kappa shape index (κ1) is 41.5. The third kappa shape index (κ3) is 6.88. The van der Waals surface area contributed by atoms with Crippen molar-refractivity contribution in [2.45, 2.75) is 31.1 Å². The number of nitrogens with zero attached hydrogens (tertiary/aromatic N) is 3. The lowest BCUT2D eigenvalue weighted by Gasteiger charge is -2.34. The van der Waals surface area contributed by atoms with Crippen LogP contribution in [0, 0.1) is 0 Å². The molecule has 334 valence electrons. The Morgan fingerprint density at radius 1 is 0.329 bits per heavy atom. The first-order chi connectivity index (χ1) is 34.7. The van der Waals surface area contributed by atoms with Gasteiger partial charge >= 0.3 is 0 Å². The Kier molecular flexibility index (Phi) is 10.4. The van der Waals surface area contributed by atoms with Gasteiger partial charge in [0, 0.05) is 51.2 Å². The van der Waals surface area contributed by atoms with Crippen LogP contribution in [0.2, 0.25) is 0 Å². The van der Waals surface area contributed by atoms with Gasteiger partial charge in [-0.2, -0.15) is 0 Å². The Balaban J connectivity index is 1.11. The number of rotatable bonds is 10. The van der Waals surface area contributed by atoms with Crippen LogP contribution in [-0.2, 0) is 5.41 Å². The molecule has 0 radical (unpaired) electrons. The van der Waals surface area contributed by atoms with Gasteiger partial charge in [-0.25, -0.2) is 0 Å². The third-order valence-corrected chi connectivity index (χ3v) is 14.7. The summed E-state index contributed by atoms with van der Waals surface area (Å²) in [5, 5.41) is 0. The largest absolute Gasteiger partial charge is 0.314 e. The van der Waals surface area contributed by atoms with Crippen molar-refractivity contribution in [3.8, 4) is 33.4 Å². The fraction of sp³-hybridized carbons (Fsp3) is 0.0746. The summed E-state index contributed by atoms with van der Waals surface area (Å²) in [4.78, 5) is 7.32. The van der Waals surface area contributed by atoms with Crippen molar-refractivity contribution in [1.82, 2.24) is 0 Å². The molecule has 0 amide bonds. The zero-order chi connectivity index (χ0) is 46.4.